The second-order valence-corrected chi connectivity index (χ2v) is 8.99. The van der Waals surface area contributed by atoms with Crippen LogP contribution in [0.4, 0.5) is 18.9 Å². The Kier molecular flexibility index (Phi) is 5.40. The Morgan fingerprint density at radius 1 is 1.09 bits per heavy atom. The SMILES string of the molecule is COc1cc2c3c(ccc2cc1NS(C)(=O)=O)OC(c1cc(F)c(F)cc1F)C([N+](=O)[O-])=C3. The predicted octanol–water partition coefficient (Wildman–Crippen LogP) is 4.39. The quantitative estimate of drug-likeness (QED) is 0.330. The van der Waals surface area contributed by atoms with Gasteiger partial charge in [0.1, 0.15) is 17.3 Å². The van der Waals surface area contributed by atoms with E-state index >= 15 is 0 Å². The number of methoxy groups -OCH3 is 1. The lowest BCUT2D eigenvalue weighted by atomic mass is 9.96. The Bertz CT molecular complexity index is 1460. The number of nitrogens with one attached hydrogen (secondary N) is 1. The van der Waals surface area contributed by atoms with Crippen LogP contribution in [0.25, 0.3) is 16.8 Å². The molecule has 0 saturated carbocycles. The molecule has 172 valence electrons. The summed E-state index contributed by atoms with van der Waals surface area (Å²) in [6, 6.07) is 6.78. The third-order valence-corrected chi connectivity index (χ3v) is 5.57. The Balaban J connectivity index is 1.91. The van der Waals surface area contributed by atoms with Crippen LogP contribution in [-0.2, 0) is 10.0 Å². The summed E-state index contributed by atoms with van der Waals surface area (Å²) in [6.07, 6.45) is 0.490. The Morgan fingerprint density at radius 2 is 1.79 bits per heavy atom. The number of hydrogen-bond acceptors (Lipinski definition) is 6. The maximum Gasteiger partial charge on any atom is 0.291 e. The highest BCUT2D eigenvalue weighted by atomic mass is 32.2. The van der Waals surface area contributed by atoms with Gasteiger partial charge in [0.2, 0.25) is 16.1 Å². The lowest BCUT2D eigenvalue weighted by Crippen LogP contribution is -2.21. The predicted molar refractivity (Wildman–Crippen MR) is 114 cm³/mol. The van der Waals surface area contributed by atoms with E-state index in [1.54, 1.807) is 6.07 Å². The standard InChI is InChI=1S/C21H15F3N2O6S/c1-31-20-8-11-10(5-17(20)25-33(2,29)30)3-4-19-12(11)7-18(26(27)28)21(32-19)13-6-15(23)16(24)9-14(13)22/h3-9,21,25H,1-2H3. The molecule has 0 fully saturated rings. The van der Waals surface area contributed by atoms with Crippen molar-refractivity contribution in [1.29, 1.82) is 0 Å². The Morgan fingerprint density at radius 3 is 2.42 bits per heavy atom. The van der Waals surface area contributed by atoms with Crippen LogP contribution in [0.15, 0.2) is 42.1 Å². The summed E-state index contributed by atoms with van der Waals surface area (Å²) >= 11 is 0. The molecule has 12 heteroatoms. The first kappa shape index (κ1) is 22.4. The Labute approximate surface area is 185 Å². The zero-order valence-electron chi connectivity index (χ0n) is 17.1. The second-order valence-electron chi connectivity index (χ2n) is 7.24. The van der Waals surface area contributed by atoms with E-state index in [0.29, 0.717) is 22.9 Å². The molecule has 0 aromatic heterocycles. The first-order valence-corrected chi connectivity index (χ1v) is 11.2. The highest BCUT2D eigenvalue weighted by Gasteiger charge is 2.36. The van der Waals surface area contributed by atoms with Gasteiger partial charge < -0.3 is 9.47 Å². The van der Waals surface area contributed by atoms with Gasteiger partial charge in [0.15, 0.2) is 11.6 Å². The zero-order chi connectivity index (χ0) is 24.1. The smallest absolute Gasteiger partial charge is 0.291 e. The molecule has 3 aromatic rings. The van der Waals surface area contributed by atoms with Gasteiger partial charge in [0.05, 0.1) is 24.0 Å². The molecule has 0 radical (unpaired) electrons. The van der Waals surface area contributed by atoms with Gasteiger partial charge in [-0.25, -0.2) is 21.6 Å². The van der Waals surface area contributed by atoms with Crippen LogP contribution < -0.4 is 14.2 Å². The summed E-state index contributed by atoms with van der Waals surface area (Å²) in [4.78, 5) is 10.9. The highest BCUT2D eigenvalue weighted by Crippen LogP contribution is 2.43. The van der Waals surface area contributed by atoms with Gasteiger partial charge in [-0.3, -0.25) is 14.8 Å². The van der Waals surface area contributed by atoms with Crippen LogP contribution in [0.5, 0.6) is 11.5 Å². The molecular formula is C21H15F3N2O6S. The molecule has 33 heavy (non-hydrogen) atoms. The number of hydrogen-bond donors (Lipinski definition) is 1. The van der Waals surface area contributed by atoms with Gasteiger partial charge in [-0.15, -0.1) is 0 Å². The first-order valence-electron chi connectivity index (χ1n) is 9.28. The third-order valence-electron chi connectivity index (χ3n) is 4.98. The largest absolute Gasteiger partial charge is 0.495 e. The van der Waals surface area contributed by atoms with E-state index in [0.717, 1.165) is 12.3 Å². The van der Waals surface area contributed by atoms with E-state index in [2.05, 4.69) is 4.72 Å². The van der Waals surface area contributed by atoms with E-state index in [9.17, 15) is 31.7 Å². The molecule has 1 atom stereocenters. The average molecular weight is 480 g/mol. The minimum absolute atomic E-state index is 0.119. The van der Waals surface area contributed by atoms with E-state index in [1.165, 1.54) is 25.3 Å². The lowest BCUT2D eigenvalue weighted by molar-refractivity contribution is -0.434. The van der Waals surface area contributed by atoms with Crippen molar-refractivity contribution in [2.75, 3.05) is 18.1 Å². The van der Waals surface area contributed by atoms with E-state index in [4.69, 9.17) is 9.47 Å². The van der Waals surface area contributed by atoms with Crippen LogP contribution in [0.2, 0.25) is 0 Å². The number of nitro groups is 1. The molecule has 0 spiro atoms. The van der Waals surface area contributed by atoms with E-state index in [-0.39, 0.29) is 22.7 Å². The molecule has 1 aliphatic heterocycles. The van der Waals surface area contributed by atoms with Crippen LogP contribution in [-0.4, -0.2) is 26.7 Å². The number of ether oxygens (including phenoxy) is 2. The fraction of sp³-hybridized carbons (Fsp3) is 0.143. The van der Waals surface area contributed by atoms with Crippen molar-refractivity contribution >= 4 is 32.6 Å². The lowest BCUT2D eigenvalue weighted by Gasteiger charge is -2.24. The normalized spacial score (nSPS) is 15.4. The van der Waals surface area contributed by atoms with Crippen LogP contribution in [0.3, 0.4) is 0 Å². The fourth-order valence-electron chi connectivity index (χ4n) is 3.58. The van der Waals surface area contributed by atoms with Gasteiger partial charge in [-0.05, 0) is 35.0 Å². The molecule has 3 aromatic carbocycles. The van der Waals surface area contributed by atoms with Crippen molar-refractivity contribution in [3.63, 3.8) is 0 Å². The molecule has 0 amide bonds. The van der Waals surface area contributed by atoms with Gasteiger partial charge in [-0.2, -0.15) is 0 Å². The maximum absolute atomic E-state index is 14.4. The molecule has 0 aliphatic carbocycles. The second kappa shape index (κ2) is 7.96. The number of anilines is 1. The molecule has 8 nitrogen and oxygen atoms in total. The van der Waals surface area contributed by atoms with Crippen LogP contribution >= 0.6 is 0 Å². The molecule has 1 unspecified atom stereocenters. The summed E-state index contributed by atoms with van der Waals surface area (Å²) in [5, 5.41) is 12.7. The number of fused-ring (bicyclic) bond motifs is 3. The van der Waals surface area contributed by atoms with Gasteiger partial charge in [0, 0.05) is 23.3 Å². The summed E-state index contributed by atoms with van der Waals surface area (Å²) in [5.41, 5.74) is -0.725. The van der Waals surface area contributed by atoms with Crippen LogP contribution in [0, 0.1) is 27.6 Å². The fourth-order valence-corrected chi connectivity index (χ4v) is 4.14. The van der Waals surface area contributed by atoms with Crippen molar-refractivity contribution in [3.05, 3.63) is 80.8 Å². The minimum Gasteiger partial charge on any atom is -0.495 e. The molecule has 4 rings (SSSR count). The summed E-state index contributed by atoms with van der Waals surface area (Å²) in [5.74, 6) is -3.75. The summed E-state index contributed by atoms with van der Waals surface area (Å²) in [6.45, 7) is 0. The van der Waals surface area contributed by atoms with Crippen molar-refractivity contribution < 1.29 is 36.0 Å². The molecule has 0 bridgehead atoms. The monoisotopic (exact) mass is 480 g/mol. The zero-order valence-corrected chi connectivity index (χ0v) is 17.9. The minimum atomic E-state index is -3.61. The van der Waals surface area contributed by atoms with E-state index < -0.39 is 49.8 Å². The molecule has 0 saturated heterocycles. The first-order chi connectivity index (χ1) is 15.5. The number of benzene rings is 3. The summed E-state index contributed by atoms with van der Waals surface area (Å²) < 4.78 is 78.0. The molecular weight excluding hydrogens is 465 g/mol. The van der Waals surface area contributed by atoms with E-state index in [1.807, 2.05) is 0 Å². The number of rotatable bonds is 5. The van der Waals surface area contributed by atoms with Crippen molar-refractivity contribution in [3.8, 4) is 11.5 Å². The third kappa shape index (κ3) is 4.16. The number of sulfonamides is 1. The van der Waals surface area contributed by atoms with Gasteiger partial charge >= 0.3 is 0 Å². The molecule has 1 N–H and O–H groups in total. The van der Waals surface area contributed by atoms with Crippen LogP contribution in [0.1, 0.15) is 17.2 Å². The topological polar surface area (TPSA) is 108 Å². The van der Waals surface area contributed by atoms with Crippen molar-refractivity contribution in [1.82, 2.24) is 0 Å². The maximum atomic E-state index is 14.4. The van der Waals surface area contributed by atoms with Crippen molar-refractivity contribution in [2.24, 2.45) is 0 Å². The highest BCUT2D eigenvalue weighted by molar-refractivity contribution is 7.92. The average Bonchev–Trinajstić information content (AvgIpc) is 2.73. The number of nitrogens with zero attached hydrogens (tertiary/aromatic N) is 1. The molecule has 1 aliphatic rings. The molecule has 1 heterocycles. The van der Waals surface area contributed by atoms with Gasteiger partial charge in [-0.1, -0.05) is 6.07 Å². The van der Waals surface area contributed by atoms with Gasteiger partial charge in [0.25, 0.3) is 5.70 Å². The number of halogens is 3. The Hall–Kier alpha value is -3.80. The summed E-state index contributed by atoms with van der Waals surface area (Å²) in [7, 11) is -2.29. The van der Waals surface area contributed by atoms with Crippen molar-refractivity contribution in [2.45, 2.75) is 6.10 Å².